The van der Waals surface area contributed by atoms with Gasteiger partial charge in [0.2, 0.25) is 0 Å². The Morgan fingerprint density at radius 2 is 1.79 bits per heavy atom. The van der Waals surface area contributed by atoms with E-state index in [1.54, 1.807) is 18.2 Å². The highest BCUT2D eigenvalue weighted by molar-refractivity contribution is 6.25. The van der Waals surface area contributed by atoms with Gasteiger partial charge in [0.25, 0.3) is 0 Å². The summed E-state index contributed by atoms with van der Waals surface area (Å²) in [4.78, 5) is 40.3. The van der Waals surface area contributed by atoms with E-state index in [0.29, 0.717) is 12.0 Å². The third kappa shape index (κ3) is 5.64. The van der Waals surface area contributed by atoms with Crippen LogP contribution in [0.15, 0.2) is 48.0 Å². The number of ether oxygens (including phenoxy) is 1. The monoisotopic (exact) mass is 446 g/mol. The van der Waals surface area contributed by atoms with E-state index in [2.05, 4.69) is 10.2 Å². The topological polar surface area (TPSA) is 75.7 Å². The molecule has 1 aliphatic heterocycles. The summed E-state index contributed by atoms with van der Waals surface area (Å²) >= 11 is 0. The second kappa shape index (κ2) is 10.7. The van der Waals surface area contributed by atoms with Crippen molar-refractivity contribution in [1.82, 2.24) is 4.90 Å². The van der Waals surface area contributed by atoms with Crippen molar-refractivity contribution in [3.63, 3.8) is 0 Å². The van der Waals surface area contributed by atoms with Gasteiger partial charge < -0.3 is 10.1 Å². The number of nitrogens with zero attached hydrogens (tertiary/aromatic N) is 1. The van der Waals surface area contributed by atoms with E-state index >= 15 is 0 Å². The number of rotatable bonds is 9. The number of carbonyl (C=O) groups is 3. The number of fused-ring (bicyclic) bond motifs is 1. The van der Waals surface area contributed by atoms with Crippen molar-refractivity contribution in [2.45, 2.75) is 25.7 Å². The molecular weight excluding hydrogens is 416 g/mol. The van der Waals surface area contributed by atoms with E-state index in [4.69, 9.17) is 4.74 Å². The Kier molecular flexibility index (Phi) is 7.47. The first-order valence-corrected chi connectivity index (χ1v) is 11.5. The first-order valence-electron chi connectivity index (χ1n) is 11.5. The zero-order chi connectivity index (χ0) is 23.2. The molecular formula is C27H30N2O4. The summed E-state index contributed by atoms with van der Waals surface area (Å²) in [5.74, 6) is -0.226. The summed E-state index contributed by atoms with van der Waals surface area (Å²) in [5.41, 5.74) is 4.46. The molecule has 0 amide bonds. The maximum absolute atomic E-state index is 12.9. The molecule has 172 valence electrons. The molecule has 1 fully saturated rings. The highest BCUT2D eigenvalue weighted by Crippen LogP contribution is 2.28. The minimum Gasteiger partial charge on any atom is -0.388 e. The lowest BCUT2D eigenvalue weighted by atomic mass is 9.86. The van der Waals surface area contributed by atoms with Crippen LogP contribution in [-0.2, 0) is 27.2 Å². The fraction of sp³-hybridized carbons (Fsp3) is 0.370. The molecule has 1 N–H and O–H groups in total. The number of Topliss-reactive ketones (excluding diaryl/α,β-unsaturated/α-hetero) is 3. The molecule has 0 unspecified atom stereocenters. The summed E-state index contributed by atoms with van der Waals surface area (Å²) in [7, 11) is 1.82. The highest BCUT2D eigenvalue weighted by atomic mass is 16.5. The molecule has 0 spiro atoms. The number of carbonyl (C=O) groups excluding carboxylic acids is 3. The number of ketones is 3. The number of anilines is 1. The summed E-state index contributed by atoms with van der Waals surface area (Å²) in [6.07, 6.45) is 3.40. The van der Waals surface area contributed by atoms with Gasteiger partial charge in [0.1, 0.15) is 0 Å². The molecule has 0 radical (unpaired) electrons. The number of allylic oxidation sites excluding steroid dienone is 1. The molecule has 33 heavy (non-hydrogen) atoms. The van der Waals surface area contributed by atoms with Crippen LogP contribution in [0.5, 0.6) is 0 Å². The van der Waals surface area contributed by atoms with Gasteiger partial charge in [-0.1, -0.05) is 36.4 Å². The van der Waals surface area contributed by atoms with E-state index in [1.807, 2.05) is 37.4 Å². The van der Waals surface area contributed by atoms with Gasteiger partial charge in [0, 0.05) is 50.7 Å². The Bertz CT molecular complexity index is 1070. The molecule has 4 rings (SSSR count). The molecule has 2 aromatic rings. The van der Waals surface area contributed by atoms with Crippen molar-refractivity contribution < 1.29 is 19.1 Å². The van der Waals surface area contributed by atoms with E-state index in [0.717, 1.165) is 61.6 Å². The largest absolute Gasteiger partial charge is 0.388 e. The van der Waals surface area contributed by atoms with Gasteiger partial charge in [0.15, 0.2) is 17.3 Å². The van der Waals surface area contributed by atoms with Crippen LogP contribution in [0.4, 0.5) is 5.69 Å². The highest BCUT2D eigenvalue weighted by Gasteiger charge is 2.25. The maximum Gasteiger partial charge on any atom is 0.170 e. The van der Waals surface area contributed by atoms with E-state index in [-0.39, 0.29) is 35.8 Å². The van der Waals surface area contributed by atoms with Crippen LogP contribution in [0.2, 0.25) is 0 Å². The third-order valence-electron chi connectivity index (χ3n) is 6.34. The molecule has 6 heteroatoms. The molecule has 2 aliphatic rings. The molecule has 1 heterocycles. The predicted octanol–water partition coefficient (Wildman–Crippen LogP) is 3.34. The Hall–Kier alpha value is -3.09. The van der Waals surface area contributed by atoms with Crippen LogP contribution in [0.3, 0.4) is 0 Å². The van der Waals surface area contributed by atoms with Gasteiger partial charge in [-0.15, -0.1) is 0 Å². The van der Waals surface area contributed by atoms with Gasteiger partial charge in [-0.05, 0) is 41.8 Å². The Morgan fingerprint density at radius 1 is 1.03 bits per heavy atom. The SMILES string of the molecule is CNc1cccc2c1CC(=O)C(C(=O)Cc1ccc(C(=O)CCCN3CCOCC3)cc1)=C2. The molecule has 2 aromatic carbocycles. The fourth-order valence-corrected chi connectivity index (χ4v) is 4.42. The Morgan fingerprint density at radius 3 is 2.52 bits per heavy atom. The standard InChI is InChI=1S/C27H30N2O4/c1-28-24-5-2-4-21-17-23(27(32)18-22(21)24)26(31)16-19-7-9-20(10-8-19)25(30)6-3-11-29-12-14-33-15-13-29/h2,4-5,7-10,17,28H,3,6,11-16,18H2,1H3. The van der Waals surface area contributed by atoms with Gasteiger partial charge in [-0.2, -0.15) is 0 Å². The quantitative estimate of drug-likeness (QED) is 0.470. The smallest absolute Gasteiger partial charge is 0.170 e. The summed E-state index contributed by atoms with van der Waals surface area (Å²) in [6.45, 7) is 4.29. The number of benzene rings is 2. The zero-order valence-electron chi connectivity index (χ0n) is 19.1. The predicted molar refractivity (Wildman–Crippen MR) is 129 cm³/mol. The minimum absolute atomic E-state index is 0.114. The summed E-state index contributed by atoms with van der Waals surface area (Å²) in [6, 6.07) is 13.0. The lowest BCUT2D eigenvalue weighted by Crippen LogP contribution is -2.36. The van der Waals surface area contributed by atoms with Crippen molar-refractivity contribution in [2.75, 3.05) is 45.2 Å². The number of morpholine rings is 1. The third-order valence-corrected chi connectivity index (χ3v) is 6.34. The first-order chi connectivity index (χ1) is 16.0. The second-order valence-corrected chi connectivity index (χ2v) is 8.56. The van der Waals surface area contributed by atoms with Crippen LogP contribution in [0.25, 0.3) is 6.08 Å². The van der Waals surface area contributed by atoms with Gasteiger partial charge >= 0.3 is 0 Å². The lowest BCUT2D eigenvalue weighted by molar-refractivity contribution is -0.120. The molecule has 0 bridgehead atoms. The number of hydrogen-bond acceptors (Lipinski definition) is 6. The molecule has 6 nitrogen and oxygen atoms in total. The van der Waals surface area contributed by atoms with Gasteiger partial charge in [-0.25, -0.2) is 0 Å². The average Bonchev–Trinajstić information content (AvgIpc) is 2.84. The molecule has 0 aromatic heterocycles. The summed E-state index contributed by atoms with van der Waals surface area (Å²) < 4.78 is 5.35. The number of hydrogen-bond donors (Lipinski definition) is 1. The van der Waals surface area contributed by atoms with E-state index in [1.165, 1.54) is 0 Å². The van der Waals surface area contributed by atoms with Crippen molar-refractivity contribution >= 4 is 29.1 Å². The van der Waals surface area contributed by atoms with Gasteiger partial charge in [0.05, 0.1) is 18.8 Å². The van der Waals surface area contributed by atoms with Crippen molar-refractivity contribution in [2.24, 2.45) is 0 Å². The second-order valence-electron chi connectivity index (χ2n) is 8.56. The fourth-order valence-electron chi connectivity index (χ4n) is 4.42. The van der Waals surface area contributed by atoms with Crippen molar-refractivity contribution in [1.29, 1.82) is 0 Å². The van der Waals surface area contributed by atoms with Crippen LogP contribution in [0, 0.1) is 0 Å². The van der Waals surface area contributed by atoms with E-state index in [9.17, 15) is 14.4 Å². The normalized spacial score (nSPS) is 16.2. The molecule has 1 aliphatic carbocycles. The van der Waals surface area contributed by atoms with Crippen molar-refractivity contribution in [3.05, 3.63) is 70.3 Å². The Balaban J connectivity index is 1.34. The van der Waals surface area contributed by atoms with Crippen LogP contribution >= 0.6 is 0 Å². The maximum atomic E-state index is 12.9. The average molecular weight is 447 g/mol. The number of nitrogens with one attached hydrogen (secondary N) is 1. The summed E-state index contributed by atoms with van der Waals surface area (Å²) in [5, 5.41) is 3.10. The Labute approximate surface area is 194 Å². The van der Waals surface area contributed by atoms with E-state index < -0.39 is 0 Å². The zero-order valence-corrected chi connectivity index (χ0v) is 19.1. The molecule has 1 saturated heterocycles. The van der Waals surface area contributed by atoms with Crippen LogP contribution in [-0.4, -0.2) is 62.1 Å². The molecule has 0 atom stereocenters. The first kappa shape index (κ1) is 23.1. The van der Waals surface area contributed by atoms with Gasteiger partial charge in [-0.3, -0.25) is 19.3 Å². The van der Waals surface area contributed by atoms with Crippen molar-refractivity contribution in [3.8, 4) is 0 Å². The minimum atomic E-state index is -0.190. The lowest BCUT2D eigenvalue weighted by Gasteiger charge is -2.26. The van der Waals surface area contributed by atoms with Crippen LogP contribution in [0.1, 0.15) is 39.9 Å². The molecule has 0 saturated carbocycles. The van der Waals surface area contributed by atoms with Crippen LogP contribution < -0.4 is 5.32 Å².